The van der Waals surface area contributed by atoms with E-state index >= 15 is 0 Å². The minimum atomic E-state index is -0.299. The summed E-state index contributed by atoms with van der Waals surface area (Å²) >= 11 is 6.24. The number of fused-ring (bicyclic) bond motifs is 1. The lowest BCUT2D eigenvalue weighted by molar-refractivity contribution is 0.0919. The first-order chi connectivity index (χ1) is 13.2. The van der Waals surface area contributed by atoms with Crippen LogP contribution >= 0.6 is 11.6 Å². The van der Waals surface area contributed by atoms with Crippen molar-refractivity contribution in [3.63, 3.8) is 0 Å². The number of benzene rings is 1. The van der Waals surface area contributed by atoms with Crippen molar-refractivity contribution in [2.24, 2.45) is 0 Å². The van der Waals surface area contributed by atoms with Crippen LogP contribution in [0, 0.1) is 0 Å². The molecule has 0 unspecified atom stereocenters. The molecule has 0 fully saturated rings. The average Bonchev–Trinajstić information content (AvgIpc) is 3.35. The van der Waals surface area contributed by atoms with Crippen LogP contribution in [0.1, 0.15) is 10.6 Å². The molecule has 0 radical (unpaired) electrons. The number of nitrogens with one attached hydrogen (secondary N) is 1. The maximum atomic E-state index is 11.8. The van der Waals surface area contributed by atoms with Crippen LogP contribution in [0.5, 0.6) is 5.88 Å². The number of halogens is 1. The molecule has 8 nitrogen and oxygen atoms in total. The Morgan fingerprint density at radius 2 is 2.04 bits per heavy atom. The van der Waals surface area contributed by atoms with E-state index in [-0.39, 0.29) is 18.3 Å². The second kappa shape index (κ2) is 7.46. The summed E-state index contributed by atoms with van der Waals surface area (Å²) in [6, 6.07) is 14.0. The van der Waals surface area contributed by atoms with Gasteiger partial charge in [-0.1, -0.05) is 23.7 Å². The number of ether oxygens (including phenoxy) is 1. The fraction of sp³-hybridized carbons (Fsp3) is 0.111. The normalized spacial score (nSPS) is 10.9. The van der Waals surface area contributed by atoms with Crippen LogP contribution in [-0.4, -0.2) is 38.9 Å². The molecule has 0 aliphatic heterocycles. The molecular formula is C18H14ClN5O3. The summed E-state index contributed by atoms with van der Waals surface area (Å²) < 4.78 is 12.2. The molecule has 0 saturated heterocycles. The molecule has 136 valence electrons. The van der Waals surface area contributed by atoms with Gasteiger partial charge in [-0.3, -0.25) is 4.79 Å². The number of carbonyl (C=O) groups excluding carboxylic acids is 1. The molecule has 3 heterocycles. The van der Waals surface area contributed by atoms with E-state index in [9.17, 15) is 4.79 Å². The molecule has 0 saturated carbocycles. The van der Waals surface area contributed by atoms with Crippen LogP contribution in [0.25, 0.3) is 17.0 Å². The molecule has 3 aromatic heterocycles. The highest BCUT2D eigenvalue weighted by Gasteiger charge is 2.13. The molecule has 0 bridgehead atoms. The van der Waals surface area contributed by atoms with E-state index in [1.807, 2.05) is 18.2 Å². The molecule has 9 heteroatoms. The van der Waals surface area contributed by atoms with E-state index in [2.05, 4.69) is 20.6 Å². The second-order valence-corrected chi connectivity index (χ2v) is 5.93. The lowest BCUT2D eigenvalue weighted by Crippen LogP contribution is -2.27. The molecule has 0 spiro atoms. The van der Waals surface area contributed by atoms with Gasteiger partial charge in [0.1, 0.15) is 6.61 Å². The molecule has 4 aromatic rings. The van der Waals surface area contributed by atoms with Crippen molar-refractivity contribution < 1.29 is 13.9 Å². The number of hydrogen-bond acceptors (Lipinski definition) is 6. The molecule has 1 N–H and O–H groups in total. The van der Waals surface area contributed by atoms with Crippen LogP contribution in [0.15, 0.2) is 59.2 Å². The zero-order chi connectivity index (χ0) is 18.6. The number of carbonyl (C=O) groups is 1. The second-order valence-electron chi connectivity index (χ2n) is 5.53. The third-order valence-electron chi connectivity index (χ3n) is 3.74. The van der Waals surface area contributed by atoms with Crippen molar-refractivity contribution >= 4 is 23.2 Å². The average molecular weight is 384 g/mol. The SMILES string of the molecule is O=C(NCCOc1ccc2nnc(-c3ccccc3Cl)n2n1)c1ccco1. The number of furan rings is 1. The highest BCUT2D eigenvalue weighted by Crippen LogP contribution is 2.26. The van der Waals surface area contributed by atoms with Crippen molar-refractivity contribution in [1.29, 1.82) is 0 Å². The molecule has 27 heavy (non-hydrogen) atoms. The van der Waals surface area contributed by atoms with Crippen LogP contribution in [0.3, 0.4) is 0 Å². The topological polar surface area (TPSA) is 94.5 Å². The standard InChI is InChI=1S/C18H14ClN5O3/c19-13-5-2-1-4-12(13)17-22-21-15-7-8-16(23-24(15)17)27-11-9-20-18(25)14-6-3-10-26-14/h1-8,10H,9,11H2,(H,20,25). The van der Waals surface area contributed by atoms with Crippen molar-refractivity contribution in [2.75, 3.05) is 13.2 Å². The minimum Gasteiger partial charge on any atom is -0.475 e. The highest BCUT2D eigenvalue weighted by molar-refractivity contribution is 6.33. The van der Waals surface area contributed by atoms with Gasteiger partial charge in [-0.25, -0.2) is 0 Å². The summed E-state index contributed by atoms with van der Waals surface area (Å²) in [5.74, 6) is 0.852. The van der Waals surface area contributed by atoms with Crippen molar-refractivity contribution in [3.05, 3.63) is 65.6 Å². The van der Waals surface area contributed by atoms with Crippen LogP contribution in [0.4, 0.5) is 0 Å². The van der Waals surface area contributed by atoms with E-state index in [1.54, 1.807) is 34.8 Å². The van der Waals surface area contributed by atoms with Crippen molar-refractivity contribution in [2.45, 2.75) is 0 Å². The smallest absolute Gasteiger partial charge is 0.287 e. The molecule has 0 atom stereocenters. The Hall–Kier alpha value is -3.39. The number of hydrogen-bond donors (Lipinski definition) is 1. The predicted octanol–water partition coefficient (Wildman–Crippen LogP) is 2.85. The van der Waals surface area contributed by atoms with Gasteiger partial charge in [-0.05, 0) is 30.3 Å². The predicted molar refractivity (Wildman–Crippen MR) is 97.8 cm³/mol. The Labute approximate surface area is 158 Å². The fourth-order valence-electron chi connectivity index (χ4n) is 2.47. The first-order valence-corrected chi connectivity index (χ1v) is 8.52. The Kier molecular flexibility index (Phi) is 4.71. The Balaban J connectivity index is 1.45. The van der Waals surface area contributed by atoms with Crippen LogP contribution < -0.4 is 10.1 Å². The summed E-state index contributed by atoms with van der Waals surface area (Å²) in [4.78, 5) is 11.8. The van der Waals surface area contributed by atoms with Crippen molar-refractivity contribution in [3.8, 4) is 17.3 Å². The van der Waals surface area contributed by atoms with Gasteiger partial charge in [0.05, 0.1) is 17.8 Å². The number of rotatable bonds is 6. The van der Waals surface area contributed by atoms with Gasteiger partial charge in [0, 0.05) is 11.6 Å². The fourth-order valence-corrected chi connectivity index (χ4v) is 2.69. The van der Waals surface area contributed by atoms with E-state index in [4.69, 9.17) is 20.8 Å². The zero-order valence-electron chi connectivity index (χ0n) is 14.0. The Morgan fingerprint density at radius 3 is 2.85 bits per heavy atom. The summed E-state index contributed by atoms with van der Waals surface area (Å²) in [6.45, 7) is 0.549. The molecule has 0 aliphatic rings. The largest absolute Gasteiger partial charge is 0.475 e. The molecule has 1 aromatic carbocycles. The van der Waals surface area contributed by atoms with Gasteiger partial charge < -0.3 is 14.5 Å². The van der Waals surface area contributed by atoms with Gasteiger partial charge in [-0.2, -0.15) is 4.52 Å². The summed E-state index contributed by atoms with van der Waals surface area (Å²) in [5, 5.41) is 15.9. The maximum absolute atomic E-state index is 11.8. The van der Waals surface area contributed by atoms with Gasteiger partial charge in [0.2, 0.25) is 5.88 Å². The molecule has 1 amide bonds. The van der Waals surface area contributed by atoms with Gasteiger partial charge in [-0.15, -0.1) is 15.3 Å². The number of aromatic nitrogens is 4. The van der Waals surface area contributed by atoms with Crippen molar-refractivity contribution in [1.82, 2.24) is 25.1 Å². The lowest BCUT2D eigenvalue weighted by atomic mass is 10.2. The minimum absolute atomic E-state index is 0.245. The van der Waals surface area contributed by atoms with E-state index in [1.165, 1.54) is 6.26 Å². The number of nitrogens with zero attached hydrogens (tertiary/aromatic N) is 4. The van der Waals surface area contributed by atoms with Gasteiger partial charge in [0.25, 0.3) is 5.91 Å². The molecule has 0 aliphatic carbocycles. The zero-order valence-corrected chi connectivity index (χ0v) is 14.8. The summed E-state index contributed by atoms with van der Waals surface area (Å²) in [7, 11) is 0. The quantitative estimate of drug-likeness (QED) is 0.514. The van der Waals surface area contributed by atoms with E-state index in [0.717, 1.165) is 5.56 Å². The molecule has 4 rings (SSSR count). The van der Waals surface area contributed by atoms with E-state index < -0.39 is 0 Å². The monoisotopic (exact) mass is 383 g/mol. The van der Waals surface area contributed by atoms with Crippen LogP contribution in [0.2, 0.25) is 5.02 Å². The first-order valence-electron chi connectivity index (χ1n) is 8.14. The summed E-state index contributed by atoms with van der Waals surface area (Å²) in [6.07, 6.45) is 1.44. The summed E-state index contributed by atoms with van der Waals surface area (Å²) in [5.41, 5.74) is 1.30. The van der Waals surface area contributed by atoms with Gasteiger partial charge >= 0.3 is 0 Å². The molecular weight excluding hydrogens is 370 g/mol. The van der Waals surface area contributed by atoms with Gasteiger partial charge in [0.15, 0.2) is 17.2 Å². The highest BCUT2D eigenvalue weighted by atomic mass is 35.5. The maximum Gasteiger partial charge on any atom is 0.287 e. The first kappa shape index (κ1) is 17.0. The van der Waals surface area contributed by atoms with E-state index in [0.29, 0.717) is 28.9 Å². The third kappa shape index (κ3) is 3.61. The number of amides is 1. The Morgan fingerprint density at radius 1 is 1.15 bits per heavy atom. The lowest BCUT2D eigenvalue weighted by Gasteiger charge is -2.07. The van der Waals surface area contributed by atoms with Crippen LogP contribution in [-0.2, 0) is 0 Å². The third-order valence-corrected chi connectivity index (χ3v) is 4.07. The Bertz CT molecular complexity index is 1080.